The van der Waals surface area contributed by atoms with Gasteiger partial charge in [-0.1, -0.05) is 18.2 Å². The molecule has 0 bridgehead atoms. The minimum absolute atomic E-state index is 0.636. The molecule has 100 valence electrons. The van der Waals surface area contributed by atoms with Crippen molar-refractivity contribution < 1.29 is 9.47 Å². The molecule has 0 saturated heterocycles. The van der Waals surface area contributed by atoms with E-state index >= 15 is 0 Å². The van der Waals surface area contributed by atoms with E-state index in [2.05, 4.69) is 0 Å². The number of rotatable bonds is 5. The second-order valence-electron chi connectivity index (χ2n) is 4.44. The summed E-state index contributed by atoms with van der Waals surface area (Å²) in [6, 6.07) is 13.8. The fraction of sp³-hybridized carbons (Fsp3) is 0.250. The van der Waals surface area contributed by atoms with Gasteiger partial charge in [-0.2, -0.15) is 0 Å². The Bertz CT molecular complexity index is 552. The zero-order chi connectivity index (χ0) is 13.7. The normalized spacial score (nSPS) is 10.3. The Hall–Kier alpha value is -2.00. The zero-order valence-corrected chi connectivity index (χ0v) is 11.3. The largest absolute Gasteiger partial charge is 0.493 e. The van der Waals surface area contributed by atoms with Gasteiger partial charge in [0.05, 0.1) is 7.11 Å². The minimum Gasteiger partial charge on any atom is -0.493 e. The van der Waals surface area contributed by atoms with Crippen LogP contribution in [0.2, 0.25) is 0 Å². The molecule has 19 heavy (non-hydrogen) atoms. The molecule has 2 aromatic rings. The van der Waals surface area contributed by atoms with Crippen molar-refractivity contribution >= 4 is 0 Å². The summed E-state index contributed by atoms with van der Waals surface area (Å²) >= 11 is 0. The van der Waals surface area contributed by atoms with Crippen LogP contribution in [-0.2, 0) is 6.42 Å². The van der Waals surface area contributed by atoms with Gasteiger partial charge in [0.15, 0.2) is 11.5 Å². The van der Waals surface area contributed by atoms with Crippen LogP contribution < -0.4 is 15.2 Å². The summed E-state index contributed by atoms with van der Waals surface area (Å²) in [6.45, 7) is 2.66. The Morgan fingerprint density at radius 3 is 2.63 bits per heavy atom. The quantitative estimate of drug-likeness (QED) is 0.893. The maximum absolute atomic E-state index is 5.88. The van der Waals surface area contributed by atoms with Crippen molar-refractivity contribution in [3.8, 4) is 17.2 Å². The monoisotopic (exact) mass is 257 g/mol. The molecule has 0 spiro atoms. The first kappa shape index (κ1) is 13.4. The van der Waals surface area contributed by atoms with E-state index in [4.69, 9.17) is 15.2 Å². The third-order valence-corrected chi connectivity index (χ3v) is 2.88. The van der Waals surface area contributed by atoms with Crippen LogP contribution in [0.25, 0.3) is 0 Å². The standard InChI is InChI=1S/C16H19NO2/c1-12-6-7-15(16(10-12)18-2)19-14-5-3-4-13(11-14)8-9-17/h3-7,10-11H,8-9,17H2,1-2H3. The van der Waals surface area contributed by atoms with E-state index < -0.39 is 0 Å². The molecule has 0 fully saturated rings. The molecule has 0 aliphatic rings. The average molecular weight is 257 g/mol. The van der Waals surface area contributed by atoms with Crippen LogP contribution in [0, 0.1) is 6.92 Å². The van der Waals surface area contributed by atoms with Crippen LogP contribution in [0.1, 0.15) is 11.1 Å². The lowest BCUT2D eigenvalue weighted by molar-refractivity contribution is 0.378. The van der Waals surface area contributed by atoms with Crippen molar-refractivity contribution in [2.45, 2.75) is 13.3 Å². The maximum Gasteiger partial charge on any atom is 0.169 e. The second kappa shape index (κ2) is 6.25. The van der Waals surface area contributed by atoms with E-state index in [-0.39, 0.29) is 0 Å². The SMILES string of the molecule is COc1cc(C)ccc1Oc1cccc(CCN)c1. The van der Waals surface area contributed by atoms with Gasteiger partial charge >= 0.3 is 0 Å². The molecule has 0 aromatic heterocycles. The first-order chi connectivity index (χ1) is 9.22. The third-order valence-electron chi connectivity index (χ3n) is 2.88. The van der Waals surface area contributed by atoms with Crippen LogP contribution in [0.5, 0.6) is 17.2 Å². The molecule has 3 nitrogen and oxygen atoms in total. The fourth-order valence-electron chi connectivity index (χ4n) is 1.92. The van der Waals surface area contributed by atoms with Gasteiger partial charge in [0.1, 0.15) is 5.75 Å². The van der Waals surface area contributed by atoms with Crippen molar-refractivity contribution in [1.82, 2.24) is 0 Å². The molecule has 2 N–H and O–H groups in total. The Kier molecular flexibility index (Phi) is 4.42. The summed E-state index contributed by atoms with van der Waals surface area (Å²) in [7, 11) is 1.65. The molecule has 0 atom stereocenters. The maximum atomic E-state index is 5.88. The molecule has 2 aromatic carbocycles. The molecule has 2 rings (SSSR count). The first-order valence-corrected chi connectivity index (χ1v) is 6.34. The Morgan fingerprint density at radius 2 is 1.89 bits per heavy atom. The Labute approximate surface area is 114 Å². The Balaban J connectivity index is 2.23. The van der Waals surface area contributed by atoms with Gasteiger partial charge in [-0.05, 0) is 55.3 Å². The molecule has 0 aliphatic heterocycles. The van der Waals surface area contributed by atoms with Gasteiger partial charge < -0.3 is 15.2 Å². The highest BCUT2D eigenvalue weighted by Gasteiger charge is 2.06. The van der Waals surface area contributed by atoms with Crippen LogP contribution in [0.3, 0.4) is 0 Å². The van der Waals surface area contributed by atoms with Gasteiger partial charge in [0, 0.05) is 0 Å². The predicted octanol–water partition coefficient (Wildman–Crippen LogP) is 3.30. The van der Waals surface area contributed by atoms with Crippen molar-refractivity contribution in [3.63, 3.8) is 0 Å². The van der Waals surface area contributed by atoms with Gasteiger partial charge in [0.25, 0.3) is 0 Å². The smallest absolute Gasteiger partial charge is 0.169 e. The van der Waals surface area contributed by atoms with Crippen molar-refractivity contribution in [1.29, 1.82) is 0 Å². The van der Waals surface area contributed by atoms with Crippen molar-refractivity contribution in [2.24, 2.45) is 5.73 Å². The number of aryl methyl sites for hydroxylation is 1. The summed E-state index contributed by atoms with van der Waals surface area (Å²) in [4.78, 5) is 0. The highest BCUT2D eigenvalue weighted by atomic mass is 16.5. The number of benzene rings is 2. The van der Waals surface area contributed by atoms with Crippen LogP contribution in [0.4, 0.5) is 0 Å². The summed E-state index contributed by atoms with van der Waals surface area (Å²) in [5, 5.41) is 0. The van der Waals surface area contributed by atoms with Gasteiger partial charge in [-0.15, -0.1) is 0 Å². The topological polar surface area (TPSA) is 44.5 Å². The number of hydrogen-bond donors (Lipinski definition) is 1. The van der Waals surface area contributed by atoms with Crippen LogP contribution in [0.15, 0.2) is 42.5 Å². The van der Waals surface area contributed by atoms with E-state index in [1.54, 1.807) is 7.11 Å². The molecular weight excluding hydrogens is 238 g/mol. The molecule has 0 radical (unpaired) electrons. The van der Waals surface area contributed by atoms with Gasteiger partial charge in [0.2, 0.25) is 0 Å². The number of hydrogen-bond acceptors (Lipinski definition) is 3. The highest BCUT2D eigenvalue weighted by molar-refractivity contribution is 5.45. The molecule has 3 heteroatoms. The van der Waals surface area contributed by atoms with Crippen LogP contribution in [-0.4, -0.2) is 13.7 Å². The number of nitrogens with two attached hydrogens (primary N) is 1. The zero-order valence-electron chi connectivity index (χ0n) is 11.3. The lowest BCUT2D eigenvalue weighted by Gasteiger charge is -2.11. The lowest BCUT2D eigenvalue weighted by atomic mass is 10.1. The Morgan fingerprint density at radius 1 is 1.05 bits per heavy atom. The summed E-state index contributed by atoms with van der Waals surface area (Å²) < 4.78 is 11.2. The molecule has 0 amide bonds. The number of methoxy groups -OCH3 is 1. The molecule has 0 unspecified atom stereocenters. The summed E-state index contributed by atoms with van der Waals surface area (Å²) in [6.07, 6.45) is 0.849. The lowest BCUT2D eigenvalue weighted by Crippen LogP contribution is -2.02. The van der Waals surface area contributed by atoms with E-state index in [0.717, 1.165) is 29.2 Å². The number of ether oxygens (including phenoxy) is 2. The minimum atomic E-state index is 0.636. The first-order valence-electron chi connectivity index (χ1n) is 6.34. The molecule has 0 heterocycles. The van der Waals surface area contributed by atoms with Crippen molar-refractivity contribution in [3.05, 3.63) is 53.6 Å². The second-order valence-corrected chi connectivity index (χ2v) is 4.44. The van der Waals surface area contributed by atoms with E-state index in [1.807, 2.05) is 49.4 Å². The van der Waals surface area contributed by atoms with E-state index in [9.17, 15) is 0 Å². The molecular formula is C16H19NO2. The molecule has 0 aliphatic carbocycles. The summed E-state index contributed by atoms with van der Waals surface area (Å²) in [5.41, 5.74) is 7.88. The van der Waals surface area contributed by atoms with Gasteiger partial charge in [-0.25, -0.2) is 0 Å². The average Bonchev–Trinajstić information content (AvgIpc) is 2.41. The van der Waals surface area contributed by atoms with Gasteiger partial charge in [-0.3, -0.25) is 0 Å². The van der Waals surface area contributed by atoms with E-state index in [1.165, 1.54) is 5.56 Å². The van der Waals surface area contributed by atoms with E-state index in [0.29, 0.717) is 6.54 Å². The highest BCUT2D eigenvalue weighted by Crippen LogP contribution is 2.32. The predicted molar refractivity (Wildman–Crippen MR) is 77.0 cm³/mol. The summed E-state index contributed by atoms with van der Waals surface area (Å²) in [5.74, 6) is 2.26. The van der Waals surface area contributed by atoms with Crippen molar-refractivity contribution in [2.75, 3.05) is 13.7 Å². The fourth-order valence-corrected chi connectivity index (χ4v) is 1.92. The third kappa shape index (κ3) is 3.48. The van der Waals surface area contributed by atoms with Crippen LogP contribution >= 0.6 is 0 Å². The molecule has 0 saturated carbocycles.